The van der Waals surface area contributed by atoms with Crippen LogP contribution < -0.4 is 10.3 Å². The molecule has 0 saturated heterocycles. The second kappa shape index (κ2) is 8.65. The van der Waals surface area contributed by atoms with Crippen molar-refractivity contribution in [3.05, 3.63) is 62.7 Å². The molecule has 0 aliphatic rings. The molecule has 0 amide bonds. The number of pyridine rings is 1. The number of ether oxygens (including phenoxy) is 1. The first-order valence-electron chi connectivity index (χ1n) is 8.59. The highest BCUT2D eigenvalue weighted by atomic mass is 35.5. The number of benzene rings is 1. The van der Waals surface area contributed by atoms with Crippen LogP contribution >= 0.6 is 11.6 Å². The summed E-state index contributed by atoms with van der Waals surface area (Å²) in [6.45, 7) is 8.24. The Balaban J connectivity index is 0.000000253. The lowest BCUT2D eigenvalue weighted by Crippen LogP contribution is -2.27. The number of hydrogen-bond donors (Lipinski definition) is 1. The Bertz CT molecular complexity index is 1100. The lowest BCUT2D eigenvalue weighted by Gasteiger charge is -2.17. The number of H-pyrrole nitrogens is 1. The molecule has 154 valence electrons. The molecule has 0 aliphatic carbocycles. The van der Waals surface area contributed by atoms with Crippen molar-refractivity contribution in [2.75, 3.05) is 0 Å². The van der Waals surface area contributed by atoms with E-state index in [1.165, 1.54) is 19.3 Å². The average Bonchev–Trinajstić information content (AvgIpc) is 2.66. The molecule has 6 nitrogen and oxygen atoms in total. The molecule has 1 aromatic carbocycles. The number of aromatic amines is 1. The summed E-state index contributed by atoms with van der Waals surface area (Å²) in [4.78, 5) is 34.4. The highest BCUT2D eigenvalue weighted by Crippen LogP contribution is 2.26. The summed E-state index contributed by atoms with van der Waals surface area (Å²) in [5, 5.41) is -0.139. The molecular formula is C20H20ClF2N3O3. The zero-order valence-corrected chi connectivity index (χ0v) is 17.3. The molecule has 3 aromatic rings. The van der Waals surface area contributed by atoms with Crippen molar-refractivity contribution in [3.8, 4) is 5.75 Å². The Hall–Kier alpha value is -2.87. The standard InChI is InChI=1S/C13H15N3O3.C7H5ClF2/c1-7-9(19-12(18)13(2,3)4)8-10(16-11(7)17)15-6-5-14-8;1-4-5(9)2-3-6(10)7(4)8/h5-6H,1-4H3,(H,15,16,17);2-3H,1H3. The van der Waals surface area contributed by atoms with E-state index in [9.17, 15) is 18.4 Å². The van der Waals surface area contributed by atoms with Gasteiger partial charge in [-0.1, -0.05) is 11.6 Å². The molecular weight excluding hydrogens is 404 g/mol. The fourth-order valence-electron chi connectivity index (χ4n) is 2.08. The lowest BCUT2D eigenvalue weighted by molar-refractivity contribution is -0.142. The summed E-state index contributed by atoms with van der Waals surface area (Å²) >= 11 is 5.37. The second-order valence-corrected chi connectivity index (χ2v) is 7.65. The van der Waals surface area contributed by atoms with Crippen molar-refractivity contribution >= 4 is 28.7 Å². The molecule has 9 heteroatoms. The van der Waals surface area contributed by atoms with Crippen molar-refractivity contribution in [1.29, 1.82) is 0 Å². The molecule has 0 unspecified atom stereocenters. The number of rotatable bonds is 1. The van der Waals surface area contributed by atoms with Crippen LogP contribution in [0.15, 0.2) is 29.3 Å². The first-order valence-corrected chi connectivity index (χ1v) is 8.97. The van der Waals surface area contributed by atoms with Crippen LogP contribution in [0.1, 0.15) is 31.9 Å². The van der Waals surface area contributed by atoms with Crippen molar-refractivity contribution in [1.82, 2.24) is 15.0 Å². The molecule has 29 heavy (non-hydrogen) atoms. The zero-order chi connectivity index (χ0) is 21.9. The summed E-state index contributed by atoms with van der Waals surface area (Å²) < 4.78 is 30.3. The van der Waals surface area contributed by atoms with Gasteiger partial charge in [0.1, 0.15) is 17.2 Å². The molecule has 0 aliphatic heterocycles. The van der Waals surface area contributed by atoms with Gasteiger partial charge >= 0.3 is 5.97 Å². The number of halogens is 3. The van der Waals surface area contributed by atoms with E-state index in [1.807, 2.05) is 0 Å². The van der Waals surface area contributed by atoms with Gasteiger partial charge in [0.25, 0.3) is 5.56 Å². The van der Waals surface area contributed by atoms with Gasteiger partial charge in [0.15, 0.2) is 11.4 Å². The normalized spacial score (nSPS) is 11.0. The molecule has 0 bridgehead atoms. The smallest absolute Gasteiger partial charge is 0.316 e. The third-order valence-electron chi connectivity index (χ3n) is 3.91. The van der Waals surface area contributed by atoms with E-state index in [0.717, 1.165) is 12.1 Å². The van der Waals surface area contributed by atoms with Gasteiger partial charge in [-0.05, 0) is 46.8 Å². The molecule has 2 heterocycles. The second-order valence-electron chi connectivity index (χ2n) is 7.27. The molecule has 2 aromatic heterocycles. The highest BCUT2D eigenvalue weighted by molar-refractivity contribution is 6.31. The van der Waals surface area contributed by atoms with E-state index >= 15 is 0 Å². The van der Waals surface area contributed by atoms with Gasteiger partial charge < -0.3 is 9.72 Å². The summed E-state index contributed by atoms with van der Waals surface area (Å²) in [5.41, 5.74) is 0.132. The summed E-state index contributed by atoms with van der Waals surface area (Å²) in [6.07, 6.45) is 2.94. The lowest BCUT2D eigenvalue weighted by atomic mass is 9.97. The molecule has 1 N–H and O–H groups in total. The van der Waals surface area contributed by atoms with Gasteiger partial charge in [0.2, 0.25) is 0 Å². The number of hydrogen-bond acceptors (Lipinski definition) is 5. The van der Waals surface area contributed by atoms with Gasteiger partial charge in [-0.15, -0.1) is 0 Å². The number of esters is 1. The van der Waals surface area contributed by atoms with E-state index in [-0.39, 0.29) is 21.9 Å². The molecule has 0 fully saturated rings. The quantitative estimate of drug-likeness (QED) is 0.460. The van der Waals surface area contributed by atoms with E-state index in [1.54, 1.807) is 27.7 Å². The van der Waals surface area contributed by atoms with Crippen LogP contribution in [-0.2, 0) is 4.79 Å². The van der Waals surface area contributed by atoms with E-state index < -0.39 is 23.0 Å². The third-order valence-corrected chi connectivity index (χ3v) is 4.37. The van der Waals surface area contributed by atoms with E-state index in [2.05, 4.69) is 15.0 Å². The maximum absolute atomic E-state index is 12.5. The minimum absolute atomic E-state index is 0.139. The Morgan fingerprint density at radius 1 is 1.07 bits per heavy atom. The fraction of sp³-hybridized carbons (Fsp3) is 0.300. The Morgan fingerprint density at radius 3 is 2.24 bits per heavy atom. The minimum atomic E-state index is -0.663. The molecule has 0 radical (unpaired) electrons. The molecule has 0 atom stereocenters. The van der Waals surface area contributed by atoms with Crippen LogP contribution in [-0.4, -0.2) is 20.9 Å². The monoisotopic (exact) mass is 423 g/mol. The first kappa shape index (κ1) is 22.4. The average molecular weight is 424 g/mol. The first-order chi connectivity index (χ1) is 13.4. The summed E-state index contributed by atoms with van der Waals surface area (Å²) in [7, 11) is 0. The van der Waals surface area contributed by atoms with Gasteiger partial charge in [-0.2, -0.15) is 0 Å². The Kier molecular flexibility index (Phi) is 6.69. The predicted molar refractivity (Wildman–Crippen MR) is 106 cm³/mol. The highest BCUT2D eigenvalue weighted by Gasteiger charge is 2.26. The maximum Gasteiger partial charge on any atom is 0.316 e. The van der Waals surface area contributed by atoms with Crippen molar-refractivity contribution < 1.29 is 18.3 Å². The van der Waals surface area contributed by atoms with Crippen molar-refractivity contribution in [3.63, 3.8) is 0 Å². The predicted octanol–water partition coefficient (Wildman–Crippen LogP) is 4.50. The molecule has 0 saturated carbocycles. The van der Waals surface area contributed by atoms with Crippen LogP contribution in [0.3, 0.4) is 0 Å². The van der Waals surface area contributed by atoms with Crippen LogP contribution in [0, 0.1) is 30.9 Å². The third kappa shape index (κ3) is 5.14. The summed E-state index contributed by atoms with van der Waals surface area (Å²) in [5.74, 6) is -1.31. The van der Waals surface area contributed by atoms with E-state index in [4.69, 9.17) is 16.3 Å². The maximum atomic E-state index is 12.5. The van der Waals surface area contributed by atoms with Crippen LogP contribution in [0.5, 0.6) is 5.75 Å². The largest absolute Gasteiger partial charge is 0.423 e. The Labute approximate surface area is 170 Å². The number of nitrogens with zero attached hydrogens (tertiary/aromatic N) is 2. The number of fused-ring (bicyclic) bond motifs is 1. The van der Waals surface area contributed by atoms with Crippen molar-refractivity contribution in [2.45, 2.75) is 34.6 Å². The van der Waals surface area contributed by atoms with Gasteiger partial charge in [0, 0.05) is 18.0 Å². The number of carbonyl (C=O) groups excluding carboxylic acids is 1. The number of nitrogens with one attached hydrogen (secondary N) is 1. The van der Waals surface area contributed by atoms with Gasteiger partial charge in [-0.3, -0.25) is 9.59 Å². The summed E-state index contributed by atoms with van der Waals surface area (Å²) in [6, 6.07) is 2.06. The van der Waals surface area contributed by atoms with Crippen LogP contribution in [0.2, 0.25) is 5.02 Å². The fourth-order valence-corrected chi connectivity index (χ4v) is 2.23. The van der Waals surface area contributed by atoms with Crippen molar-refractivity contribution in [2.24, 2.45) is 5.41 Å². The van der Waals surface area contributed by atoms with E-state index in [0.29, 0.717) is 16.7 Å². The van der Waals surface area contributed by atoms with Crippen LogP contribution in [0.25, 0.3) is 11.2 Å². The molecule has 3 rings (SSSR count). The molecule has 0 spiro atoms. The topological polar surface area (TPSA) is 84.9 Å². The van der Waals surface area contributed by atoms with Crippen LogP contribution in [0.4, 0.5) is 8.78 Å². The van der Waals surface area contributed by atoms with Gasteiger partial charge in [-0.25, -0.2) is 18.7 Å². The minimum Gasteiger partial charge on any atom is -0.423 e. The van der Waals surface area contributed by atoms with Gasteiger partial charge in [0.05, 0.1) is 16.0 Å². The Morgan fingerprint density at radius 2 is 1.66 bits per heavy atom. The number of carbonyl (C=O) groups is 1. The number of aromatic nitrogens is 3. The zero-order valence-electron chi connectivity index (χ0n) is 16.6. The SMILES string of the molecule is Cc1c(F)ccc(F)c1Cl.Cc1c(OC(=O)C(C)(C)C)c2nccnc2[nH]c1=O.